The summed E-state index contributed by atoms with van der Waals surface area (Å²) in [7, 11) is 3.63. The highest BCUT2D eigenvalue weighted by Crippen LogP contribution is 2.23. The fourth-order valence-corrected chi connectivity index (χ4v) is 1.62. The Morgan fingerprint density at radius 3 is 2.45 bits per heavy atom. The van der Waals surface area contributed by atoms with Crippen molar-refractivity contribution in [2.24, 2.45) is 0 Å². The number of hydrogen-bond acceptors (Lipinski definition) is 4. The van der Waals surface area contributed by atoms with Gasteiger partial charge in [-0.1, -0.05) is 0 Å². The van der Waals surface area contributed by atoms with Crippen LogP contribution in [0, 0.1) is 0 Å². The second-order valence-corrected chi connectivity index (χ2v) is 3.87. The summed E-state index contributed by atoms with van der Waals surface area (Å²) >= 11 is 0. The lowest BCUT2D eigenvalue weighted by Crippen LogP contribution is -2.09. The minimum atomic E-state index is -1.82. The molecule has 0 fully saturated rings. The van der Waals surface area contributed by atoms with Crippen molar-refractivity contribution in [3.63, 3.8) is 0 Å². The first-order valence-electron chi connectivity index (χ1n) is 5.74. The van der Waals surface area contributed by atoms with E-state index in [1.165, 1.54) is 10.9 Å². The Morgan fingerprint density at radius 2 is 1.95 bits per heavy atom. The Morgan fingerprint density at radius 1 is 1.30 bits per heavy atom. The van der Waals surface area contributed by atoms with Crippen LogP contribution in [-0.4, -0.2) is 41.3 Å². The first-order chi connectivity index (χ1) is 9.49. The van der Waals surface area contributed by atoms with E-state index in [0.717, 1.165) is 17.8 Å². The van der Waals surface area contributed by atoms with Gasteiger partial charge < -0.3 is 25.3 Å². The molecule has 108 valence electrons. The van der Waals surface area contributed by atoms with Crippen LogP contribution in [0.2, 0.25) is 0 Å². The number of carboxylic acids is 2. The SMILES string of the molecule is CNCc1c[nH]c2ccc(OC)cc12.O=C(O)C(=O)O. The van der Waals surface area contributed by atoms with Crippen molar-refractivity contribution in [1.82, 2.24) is 10.3 Å². The number of carbonyl (C=O) groups is 2. The predicted octanol–water partition coefficient (Wildman–Crippen LogP) is 1.05. The van der Waals surface area contributed by atoms with Gasteiger partial charge in [0, 0.05) is 23.6 Å². The molecule has 0 aliphatic rings. The molecule has 2 rings (SSSR count). The van der Waals surface area contributed by atoms with E-state index in [1.807, 2.05) is 25.4 Å². The van der Waals surface area contributed by atoms with Gasteiger partial charge in [-0.05, 0) is 30.8 Å². The quantitative estimate of drug-likeness (QED) is 0.625. The zero-order chi connectivity index (χ0) is 15.1. The Hall–Kier alpha value is -2.54. The van der Waals surface area contributed by atoms with Crippen LogP contribution in [0.5, 0.6) is 5.75 Å². The topological polar surface area (TPSA) is 112 Å². The van der Waals surface area contributed by atoms with E-state index in [1.54, 1.807) is 7.11 Å². The van der Waals surface area contributed by atoms with E-state index in [2.05, 4.69) is 16.4 Å². The second-order valence-electron chi connectivity index (χ2n) is 3.87. The first-order valence-corrected chi connectivity index (χ1v) is 5.74. The summed E-state index contributed by atoms with van der Waals surface area (Å²) in [6.07, 6.45) is 2.03. The maximum atomic E-state index is 9.10. The fraction of sp³-hybridized carbons (Fsp3) is 0.231. The van der Waals surface area contributed by atoms with Gasteiger partial charge >= 0.3 is 11.9 Å². The van der Waals surface area contributed by atoms with Gasteiger partial charge in [0.15, 0.2) is 0 Å². The number of aromatic nitrogens is 1. The Labute approximate surface area is 115 Å². The van der Waals surface area contributed by atoms with E-state index >= 15 is 0 Å². The smallest absolute Gasteiger partial charge is 0.414 e. The molecule has 1 heterocycles. The lowest BCUT2D eigenvalue weighted by atomic mass is 10.1. The molecule has 0 bridgehead atoms. The van der Waals surface area contributed by atoms with E-state index in [9.17, 15) is 0 Å². The second kappa shape index (κ2) is 7.15. The number of fused-ring (bicyclic) bond motifs is 1. The maximum absolute atomic E-state index is 9.10. The van der Waals surface area contributed by atoms with E-state index in [-0.39, 0.29) is 0 Å². The molecule has 0 aliphatic carbocycles. The molecule has 1 aromatic carbocycles. The van der Waals surface area contributed by atoms with Gasteiger partial charge in [-0.2, -0.15) is 0 Å². The molecule has 0 aliphatic heterocycles. The number of aromatic amines is 1. The molecular weight excluding hydrogens is 264 g/mol. The highest BCUT2D eigenvalue weighted by Gasteiger charge is 2.04. The number of nitrogens with one attached hydrogen (secondary N) is 2. The molecular formula is C13H16N2O5. The first kappa shape index (κ1) is 15.5. The van der Waals surface area contributed by atoms with Gasteiger partial charge in [0.05, 0.1) is 7.11 Å². The third-order valence-electron chi connectivity index (χ3n) is 2.52. The summed E-state index contributed by atoms with van der Waals surface area (Å²) in [6.45, 7) is 0.868. The van der Waals surface area contributed by atoms with Crippen molar-refractivity contribution < 1.29 is 24.5 Å². The zero-order valence-corrected chi connectivity index (χ0v) is 11.1. The number of methoxy groups -OCH3 is 1. The van der Waals surface area contributed by atoms with Gasteiger partial charge in [-0.25, -0.2) is 9.59 Å². The predicted molar refractivity (Wildman–Crippen MR) is 72.9 cm³/mol. The largest absolute Gasteiger partial charge is 0.497 e. The Balaban J connectivity index is 0.000000286. The van der Waals surface area contributed by atoms with E-state index < -0.39 is 11.9 Å². The molecule has 4 N–H and O–H groups in total. The number of ether oxygens (including phenoxy) is 1. The van der Waals surface area contributed by atoms with Crippen LogP contribution in [0.4, 0.5) is 0 Å². The molecule has 2 aromatic rings. The summed E-state index contributed by atoms with van der Waals surface area (Å²) in [6, 6.07) is 6.05. The van der Waals surface area contributed by atoms with Gasteiger partial charge in [-0.15, -0.1) is 0 Å². The van der Waals surface area contributed by atoms with Crippen LogP contribution in [0.15, 0.2) is 24.4 Å². The van der Waals surface area contributed by atoms with Gasteiger partial charge in [-0.3, -0.25) is 0 Å². The van der Waals surface area contributed by atoms with Crippen LogP contribution in [-0.2, 0) is 16.1 Å². The molecule has 1 aromatic heterocycles. The van der Waals surface area contributed by atoms with Gasteiger partial charge in [0.2, 0.25) is 0 Å². The van der Waals surface area contributed by atoms with Gasteiger partial charge in [0.25, 0.3) is 0 Å². The van der Waals surface area contributed by atoms with E-state index in [0.29, 0.717) is 0 Å². The van der Waals surface area contributed by atoms with Crippen molar-refractivity contribution in [2.75, 3.05) is 14.2 Å². The van der Waals surface area contributed by atoms with Crippen LogP contribution >= 0.6 is 0 Å². The normalized spacial score (nSPS) is 9.70. The molecule has 0 saturated carbocycles. The number of aliphatic carboxylic acids is 2. The minimum Gasteiger partial charge on any atom is -0.497 e. The van der Waals surface area contributed by atoms with Gasteiger partial charge in [0.1, 0.15) is 5.75 Å². The molecule has 20 heavy (non-hydrogen) atoms. The Kier molecular flexibility index (Phi) is 5.55. The third kappa shape index (κ3) is 3.99. The highest BCUT2D eigenvalue weighted by atomic mass is 16.5. The lowest BCUT2D eigenvalue weighted by Gasteiger charge is -2.01. The summed E-state index contributed by atoms with van der Waals surface area (Å²) in [5.74, 6) is -2.75. The van der Waals surface area contributed by atoms with Crippen molar-refractivity contribution in [3.8, 4) is 5.75 Å². The summed E-state index contributed by atoms with van der Waals surface area (Å²) in [4.78, 5) is 21.4. The molecule has 7 nitrogen and oxygen atoms in total. The van der Waals surface area contributed by atoms with E-state index in [4.69, 9.17) is 24.5 Å². The van der Waals surface area contributed by atoms with Crippen molar-refractivity contribution in [1.29, 1.82) is 0 Å². The molecule has 0 saturated heterocycles. The molecule has 0 atom stereocenters. The number of rotatable bonds is 3. The monoisotopic (exact) mass is 280 g/mol. The molecule has 0 unspecified atom stereocenters. The summed E-state index contributed by atoms with van der Waals surface area (Å²) in [5, 5.41) is 19.1. The highest BCUT2D eigenvalue weighted by molar-refractivity contribution is 6.27. The van der Waals surface area contributed by atoms with Crippen molar-refractivity contribution in [3.05, 3.63) is 30.0 Å². The standard InChI is InChI=1S/C11H14N2O.C2H2O4/c1-12-6-8-7-13-11-4-3-9(14-2)5-10(8)11;3-1(4)2(5)6/h3-5,7,12-13H,6H2,1-2H3;(H,3,4)(H,5,6). The third-order valence-corrected chi connectivity index (χ3v) is 2.52. The number of benzene rings is 1. The average Bonchev–Trinajstić information content (AvgIpc) is 2.82. The van der Waals surface area contributed by atoms with Crippen LogP contribution < -0.4 is 10.1 Å². The average molecular weight is 280 g/mol. The minimum absolute atomic E-state index is 0.868. The number of hydrogen-bond donors (Lipinski definition) is 4. The van der Waals surface area contributed by atoms with Crippen LogP contribution in [0.3, 0.4) is 0 Å². The molecule has 0 radical (unpaired) electrons. The number of carboxylic acid groups (broad SMARTS) is 2. The van der Waals surface area contributed by atoms with Crippen molar-refractivity contribution in [2.45, 2.75) is 6.54 Å². The van der Waals surface area contributed by atoms with Crippen LogP contribution in [0.25, 0.3) is 10.9 Å². The Bertz CT molecular complexity index is 594. The molecule has 0 spiro atoms. The summed E-state index contributed by atoms with van der Waals surface area (Å²) < 4.78 is 5.19. The molecule has 0 amide bonds. The summed E-state index contributed by atoms with van der Waals surface area (Å²) in [5.41, 5.74) is 2.41. The molecule has 7 heteroatoms. The number of H-pyrrole nitrogens is 1. The maximum Gasteiger partial charge on any atom is 0.414 e. The lowest BCUT2D eigenvalue weighted by molar-refractivity contribution is -0.159. The van der Waals surface area contributed by atoms with Crippen LogP contribution in [0.1, 0.15) is 5.56 Å². The zero-order valence-electron chi connectivity index (χ0n) is 11.1. The fourth-order valence-electron chi connectivity index (χ4n) is 1.62. The van der Waals surface area contributed by atoms with Crippen molar-refractivity contribution >= 4 is 22.8 Å².